The van der Waals surface area contributed by atoms with Gasteiger partial charge in [-0.05, 0) is 30.5 Å². The van der Waals surface area contributed by atoms with Gasteiger partial charge >= 0.3 is 0 Å². The molecule has 0 aromatic heterocycles. The lowest BCUT2D eigenvalue weighted by Gasteiger charge is -2.35. The average molecular weight is 315 g/mol. The number of piperidine rings is 1. The first-order chi connectivity index (χ1) is 9.56. The van der Waals surface area contributed by atoms with Crippen molar-refractivity contribution < 1.29 is 14.3 Å². The molecule has 5 nitrogen and oxygen atoms in total. The van der Waals surface area contributed by atoms with Crippen molar-refractivity contribution in [3.63, 3.8) is 0 Å². The van der Waals surface area contributed by atoms with Gasteiger partial charge in [0.2, 0.25) is 0 Å². The summed E-state index contributed by atoms with van der Waals surface area (Å²) in [5.74, 6) is 1.54. The largest absolute Gasteiger partial charge is 0.493 e. The second kappa shape index (κ2) is 7.52. The summed E-state index contributed by atoms with van der Waals surface area (Å²) >= 11 is 0. The molecule has 0 bridgehead atoms. The summed E-state index contributed by atoms with van der Waals surface area (Å²) in [6.45, 7) is 3.49. The fraction of sp³-hybridized carbons (Fsp3) is 0.533. The first-order valence-electron chi connectivity index (χ1n) is 6.83. The summed E-state index contributed by atoms with van der Waals surface area (Å²) in [6, 6.07) is 5.43. The predicted octanol–water partition coefficient (Wildman–Crippen LogP) is 1.93. The monoisotopic (exact) mass is 314 g/mol. The predicted molar refractivity (Wildman–Crippen MR) is 84.5 cm³/mol. The highest BCUT2D eigenvalue weighted by atomic mass is 35.5. The molecule has 2 atom stereocenters. The molecule has 1 amide bonds. The van der Waals surface area contributed by atoms with E-state index in [2.05, 4.69) is 6.92 Å². The van der Waals surface area contributed by atoms with E-state index in [1.54, 1.807) is 32.4 Å². The maximum Gasteiger partial charge on any atom is 0.254 e. The van der Waals surface area contributed by atoms with E-state index in [1.807, 2.05) is 4.90 Å². The lowest BCUT2D eigenvalue weighted by Crippen LogP contribution is -2.48. The van der Waals surface area contributed by atoms with Crippen molar-refractivity contribution in [3.05, 3.63) is 23.8 Å². The number of carbonyl (C=O) groups is 1. The molecule has 2 N–H and O–H groups in total. The van der Waals surface area contributed by atoms with E-state index in [1.165, 1.54) is 0 Å². The Balaban J connectivity index is 0.00000220. The Morgan fingerprint density at radius 3 is 2.52 bits per heavy atom. The zero-order valence-corrected chi connectivity index (χ0v) is 13.5. The van der Waals surface area contributed by atoms with Crippen LogP contribution in [-0.2, 0) is 0 Å². The van der Waals surface area contributed by atoms with Gasteiger partial charge in [-0.15, -0.1) is 12.4 Å². The third-order valence-electron chi connectivity index (χ3n) is 3.89. The van der Waals surface area contributed by atoms with Gasteiger partial charge in [-0.1, -0.05) is 6.92 Å². The van der Waals surface area contributed by atoms with E-state index < -0.39 is 0 Å². The van der Waals surface area contributed by atoms with Gasteiger partial charge in [-0.25, -0.2) is 0 Å². The number of halogens is 1. The smallest absolute Gasteiger partial charge is 0.254 e. The van der Waals surface area contributed by atoms with E-state index in [0.29, 0.717) is 36.1 Å². The van der Waals surface area contributed by atoms with Crippen LogP contribution in [0.25, 0.3) is 0 Å². The highest BCUT2D eigenvalue weighted by Gasteiger charge is 2.27. The molecule has 0 saturated carbocycles. The Morgan fingerprint density at radius 2 is 1.95 bits per heavy atom. The molecule has 21 heavy (non-hydrogen) atoms. The molecule has 6 heteroatoms. The van der Waals surface area contributed by atoms with Crippen molar-refractivity contribution in [2.45, 2.75) is 19.4 Å². The highest BCUT2D eigenvalue weighted by Crippen LogP contribution is 2.28. The van der Waals surface area contributed by atoms with Crippen molar-refractivity contribution in [2.24, 2.45) is 11.7 Å². The van der Waals surface area contributed by atoms with E-state index in [9.17, 15) is 4.79 Å². The minimum absolute atomic E-state index is 0. The lowest BCUT2D eigenvalue weighted by atomic mass is 9.94. The van der Waals surface area contributed by atoms with Crippen molar-refractivity contribution in [2.75, 3.05) is 27.3 Å². The average Bonchev–Trinajstić information content (AvgIpc) is 2.48. The summed E-state index contributed by atoms with van der Waals surface area (Å²) < 4.78 is 10.4. The van der Waals surface area contributed by atoms with Crippen LogP contribution in [0.3, 0.4) is 0 Å². The maximum atomic E-state index is 12.5. The van der Waals surface area contributed by atoms with E-state index in [-0.39, 0.29) is 24.4 Å². The Morgan fingerprint density at radius 1 is 1.29 bits per heavy atom. The normalized spacial score (nSPS) is 21.4. The number of methoxy groups -OCH3 is 2. The fourth-order valence-electron chi connectivity index (χ4n) is 2.50. The van der Waals surface area contributed by atoms with Crippen LogP contribution in [0, 0.1) is 5.92 Å². The molecule has 1 fully saturated rings. The summed E-state index contributed by atoms with van der Waals surface area (Å²) in [5.41, 5.74) is 6.60. The summed E-state index contributed by atoms with van der Waals surface area (Å²) in [5, 5.41) is 0. The number of hydrogen-bond donors (Lipinski definition) is 1. The van der Waals surface area contributed by atoms with Gasteiger partial charge in [0, 0.05) is 24.7 Å². The second-order valence-corrected chi connectivity index (χ2v) is 5.25. The number of likely N-dealkylation sites (tertiary alicyclic amines) is 1. The SMILES string of the molecule is COc1ccc(C(=O)N2CCC(N)C(C)C2)cc1OC.Cl. The molecule has 1 aromatic carbocycles. The number of ether oxygens (including phenoxy) is 2. The summed E-state index contributed by atoms with van der Waals surface area (Å²) in [6.07, 6.45) is 0.847. The van der Waals surface area contributed by atoms with Gasteiger partial charge < -0.3 is 20.1 Å². The standard InChI is InChI=1S/C15H22N2O3.ClH/c1-10-9-17(7-6-12(10)16)15(18)11-4-5-13(19-2)14(8-11)20-3;/h4-5,8,10,12H,6-7,9,16H2,1-3H3;1H. The zero-order chi connectivity index (χ0) is 14.7. The first kappa shape index (κ1) is 17.6. The van der Waals surface area contributed by atoms with Crippen LogP contribution in [0.4, 0.5) is 0 Å². The van der Waals surface area contributed by atoms with Crippen LogP contribution in [0.1, 0.15) is 23.7 Å². The molecule has 1 aliphatic rings. The third kappa shape index (κ3) is 3.80. The van der Waals surface area contributed by atoms with Crippen LogP contribution in [0.15, 0.2) is 18.2 Å². The van der Waals surface area contributed by atoms with Crippen molar-refractivity contribution in [1.82, 2.24) is 4.90 Å². The van der Waals surface area contributed by atoms with Gasteiger partial charge in [-0.2, -0.15) is 0 Å². The van der Waals surface area contributed by atoms with Crippen LogP contribution in [0.5, 0.6) is 11.5 Å². The van der Waals surface area contributed by atoms with Gasteiger partial charge in [0.15, 0.2) is 11.5 Å². The molecule has 2 rings (SSSR count). The van der Waals surface area contributed by atoms with Gasteiger partial charge in [0.25, 0.3) is 5.91 Å². The van der Waals surface area contributed by atoms with E-state index in [4.69, 9.17) is 15.2 Å². The molecule has 118 valence electrons. The summed E-state index contributed by atoms with van der Waals surface area (Å²) in [7, 11) is 3.14. The number of nitrogens with two attached hydrogens (primary N) is 1. The molecular weight excluding hydrogens is 292 g/mol. The van der Waals surface area contributed by atoms with Crippen LogP contribution in [-0.4, -0.2) is 44.2 Å². The van der Waals surface area contributed by atoms with Crippen LogP contribution >= 0.6 is 12.4 Å². The molecule has 1 heterocycles. The number of hydrogen-bond acceptors (Lipinski definition) is 4. The Labute approximate surface area is 131 Å². The van der Waals surface area contributed by atoms with E-state index >= 15 is 0 Å². The maximum absolute atomic E-state index is 12.5. The van der Waals surface area contributed by atoms with Crippen molar-refractivity contribution in [3.8, 4) is 11.5 Å². The van der Waals surface area contributed by atoms with Gasteiger partial charge in [-0.3, -0.25) is 4.79 Å². The molecule has 0 aliphatic carbocycles. The van der Waals surface area contributed by atoms with Crippen molar-refractivity contribution >= 4 is 18.3 Å². The zero-order valence-electron chi connectivity index (χ0n) is 12.7. The van der Waals surface area contributed by atoms with E-state index in [0.717, 1.165) is 6.42 Å². The van der Waals surface area contributed by atoms with Gasteiger partial charge in [0.1, 0.15) is 0 Å². The number of carbonyl (C=O) groups excluding carboxylic acids is 1. The molecule has 2 unspecified atom stereocenters. The third-order valence-corrected chi connectivity index (χ3v) is 3.89. The molecule has 0 radical (unpaired) electrons. The Bertz CT molecular complexity index is 496. The quantitative estimate of drug-likeness (QED) is 0.926. The van der Waals surface area contributed by atoms with Gasteiger partial charge in [0.05, 0.1) is 14.2 Å². The Kier molecular flexibility index (Phi) is 6.30. The topological polar surface area (TPSA) is 64.8 Å². The molecule has 1 aromatic rings. The Hall–Kier alpha value is -1.46. The minimum atomic E-state index is 0. The van der Waals surface area contributed by atoms with Crippen LogP contribution in [0.2, 0.25) is 0 Å². The highest BCUT2D eigenvalue weighted by molar-refractivity contribution is 5.95. The molecule has 1 saturated heterocycles. The number of rotatable bonds is 3. The number of amides is 1. The minimum Gasteiger partial charge on any atom is -0.493 e. The number of benzene rings is 1. The fourth-order valence-corrected chi connectivity index (χ4v) is 2.50. The summed E-state index contributed by atoms with van der Waals surface area (Å²) in [4.78, 5) is 14.4. The molecule has 0 spiro atoms. The number of nitrogens with zero attached hydrogens (tertiary/aromatic N) is 1. The molecular formula is C15H23ClN2O3. The lowest BCUT2D eigenvalue weighted by molar-refractivity contribution is 0.0663. The van der Waals surface area contributed by atoms with Crippen LogP contribution < -0.4 is 15.2 Å². The second-order valence-electron chi connectivity index (χ2n) is 5.25. The first-order valence-corrected chi connectivity index (χ1v) is 6.83. The van der Waals surface area contributed by atoms with Crippen molar-refractivity contribution in [1.29, 1.82) is 0 Å². The molecule has 1 aliphatic heterocycles.